The van der Waals surface area contributed by atoms with Gasteiger partial charge in [0.05, 0.1) is 12.1 Å². The molecule has 0 amide bonds. The summed E-state index contributed by atoms with van der Waals surface area (Å²) in [5.41, 5.74) is 0.588. The molecule has 1 atom stereocenters. The van der Waals surface area contributed by atoms with Gasteiger partial charge in [-0.25, -0.2) is 0 Å². The van der Waals surface area contributed by atoms with Crippen LogP contribution in [0.5, 0.6) is 5.75 Å². The lowest BCUT2D eigenvalue weighted by molar-refractivity contribution is 0.414. The van der Waals surface area contributed by atoms with E-state index in [4.69, 9.17) is 27.9 Å². The molecule has 2 nitrogen and oxygen atoms in total. The van der Waals surface area contributed by atoms with Gasteiger partial charge in [0.2, 0.25) is 0 Å². The van der Waals surface area contributed by atoms with Gasteiger partial charge in [-0.1, -0.05) is 17.7 Å². The zero-order valence-corrected chi connectivity index (χ0v) is 8.99. The van der Waals surface area contributed by atoms with Gasteiger partial charge in [0.25, 0.3) is 0 Å². The van der Waals surface area contributed by atoms with Gasteiger partial charge in [-0.15, -0.1) is 11.6 Å². The second-order valence-corrected chi connectivity index (χ2v) is 3.38. The summed E-state index contributed by atoms with van der Waals surface area (Å²) in [6.45, 7) is 0. The maximum atomic E-state index is 5.98. The Morgan fingerprint density at radius 3 is 2.62 bits per heavy atom. The van der Waals surface area contributed by atoms with Crippen LogP contribution in [-0.2, 0) is 0 Å². The first kappa shape index (κ1) is 10.6. The molecule has 0 fully saturated rings. The van der Waals surface area contributed by atoms with Crippen molar-refractivity contribution < 1.29 is 4.74 Å². The van der Waals surface area contributed by atoms with Crippen molar-refractivity contribution in [1.29, 1.82) is 0 Å². The molecule has 0 saturated heterocycles. The number of rotatable bonds is 3. The Kier molecular flexibility index (Phi) is 3.85. The Hall–Kier alpha value is -0.440. The van der Waals surface area contributed by atoms with Crippen LogP contribution in [-0.4, -0.2) is 14.2 Å². The highest BCUT2D eigenvalue weighted by Gasteiger charge is 2.09. The smallest absolute Gasteiger partial charge is 0.120 e. The molecule has 0 heterocycles. The fourth-order valence-corrected chi connectivity index (χ4v) is 1.52. The molecule has 1 unspecified atom stereocenters. The predicted molar refractivity (Wildman–Crippen MR) is 55.7 cm³/mol. The van der Waals surface area contributed by atoms with E-state index in [1.54, 1.807) is 20.2 Å². The van der Waals surface area contributed by atoms with Crippen molar-refractivity contribution >= 4 is 23.2 Å². The topological polar surface area (TPSA) is 21.3 Å². The van der Waals surface area contributed by atoms with Crippen LogP contribution in [0.2, 0.25) is 5.02 Å². The van der Waals surface area contributed by atoms with E-state index in [2.05, 4.69) is 5.32 Å². The number of methoxy groups -OCH3 is 1. The second kappa shape index (κ2) is 4.70. The molecule has 0 radical (unpaired) electrons. The van der Waals surface area contributed by atoms with Gasteiger partial charge in [0, 0.05) is 5.56 Å². The van der Waals surface area contributed by atoms with Gasteiger partial charge in [0.1, 0.15) is 11.3 Å². The average molecular weight is 220 g/mol. The summed E-state index contributed by atoms with van der Waals surface area (Å²) in [7, 11) is 3.37. The lowest BCUT2D eigenvalue weighted by atomic mass is 10.2. The Morgan fingerprint density at radius 1 is 1.46 bits per heavy atom. The van der Waals surface area contributed by atoms with Crippen molar-refractivity contribution in [2.24, 2.45) is 0 Å². The SMILES string of the molecule is CNC(Cl)c1ccc(OC)cc1Cl. The number of nitrogens with one attached hydrogen (secondary N) is 1. The quantitative estimate of drug-likeness (QED) is 0.624. The molecule has 0 aliphatic rings. The number of alkyl halides is 1. The van der Waals surface area contributed by atoms with Crippen LogP contribution in [0.1, 0.15) is 11.1 Å². The van der Waals surface area contributed by atoms with Crippen molar-refractivity contribution in [3.63, 3.8) is 0 Å². The van der Waals surface area contributed by atoms with Gasteiger partial charge in [-0.05, 0) is 19.2 Å². The lowest BCUT2D eigenvalue weighted by Crippen LogP contribution is -2.10. The van der Waals surface area contributed by atoms with Crippen molar-refractivity contribution in [3.8, 4) is 5.75 Å². The molecular weight excluding hydrogens is 209 g/mol. The van der Waals surface area contributed by atoms with Crippen LogP contribution in [0.25, 0.3) is 0 Å². The number of benzene rings is 1. The van der Waals surface area contributed by atoms with Crippen LogP contribution in [0, 0.1) is 0 Å². The molecular formula is C9H11Cl2NO. The van der Waals surface area contributed by atoms with Crippen LogP contribution < -0.4 is 10.1 Å². The molecule has 13 heavy (non-hydrogen) atoms. The van der Waals surface area contributed by atoms with E-state index in [0.717, 1.165) is 11.3 Å². The Bertz CT molecular complexity index is 291. The van der Waals surface area contributed by atoms with Gasteiger partial charge in [-0.3, -0.25) is 0 Å². The van der Waals surface area contributed by atoms with E-state index in [9.17, 15) is 0 Å². The van der Waals surface area contributed by atoms with E-state index in [1.807, 2.05) is 12.1 Å². The van der Waals surface area contributed by atoms with Crippen LogP contribution in [0.4, 0.5) is 0 Å². The highest BCUT2D eigenvalue weighted by molar-refractivity contribution is 6.32. The normalized spacial score (nSPS) is 12.6. The number of hydrogen-bond acceptors (Lipinski definition) is 2. The predicted octanol–water partition coefficient (Wildman–Crippen LogP) is 2.81. The Balaban J connectivity index is 2.98. The largest absolute Gasteiger partial charge is 0.497 e. The van der Waals surface area contributed by atoms with Crippen LogP contribution in [0.3, 0.4) is 0 Å². The van der Waals surface area contributed by atoms with E-state index in [1.165, 1.54) is 0 Å². The fourth-order valence-electron chi connectivity index (χ4n) is 0.996. The highest BCUT2D eigenvalue weighted by atomic mass is 35.5. The van der Waals surface area contributed by atoms with Crippen molar-refractivity contribution in [3.05, 3.63) is 28.8 Å². The molecule has 0 aliphatic heterocycles. The van der Waals surface area contributed by atoms with Gasteiger partial charge in [0.15, 0.2) is 0 Å². The summed E-state index contributed by atoms with van der Waals surface area (Å²) >= 11 is 11.9. The Labute approximate surface area is 87.8 Å². The van der Waals surface area contributed by atoms with Crippen LogP contribution >= 0.6 is 23.2 Å². The first-order valence-corrected chi connectivity index (χ1v) is 4.65. The number of hydrogen-bond donors (Lipinski definition) is 1. The lowest BCUT2D eigenvalue weighted by Gasteiger charge is -2.11. The molecule has 1 rings (SSSR count). The summed E-state index contributed by atoms with van der Waals surface area (Å²) < 4.78 is 5.02. The maximum absolute atomic E-state index is 5.98. The van der Waals surface area contributed by atoms with E-state index in [-0.39, 0.29) is 5.50 Å². The molecule has 0 spiro atoms. The van der Waals surface area contributed by atoms with E-state index < -0.39 is 0 Å². The molecule has 0 saturated carbocycles. The molecule has 4 heteroatoms. The van der Waals surface area contributed by atoms with Crippen molar-refractivity contribution in [2.75, 3.05) is 14.2 Å². The molecule has 0 aromatic heterocycles. The molecule has 0 aliphatic carbocycles. The zero-order chi connectivity index (χ0) is 9.84. The summed E-state index contributed by atoms with van der Waals surface area (Å²) in [5.74, 6) is 0.730. The molecule has 1 aromatic carbocycles. The van der Waals surface area contributed by atoms with Crippen LogP contribution in [0.15, 0.2) is 18.2 Å². The molecule has 1 aromatic rings. The highest BCUT2D eigenvalue weighted by Crippen LogP contribution is 2.28. The summed E-state index contributed by atoms with van der Waals surface area (Å²) in [6, 6.07) is 5.41. The third-order valence-electron chi connectivity index (χ3n) is 1.73. The first-order valence-electron chi connectivity index (χ1n) is 3.83. The summed E-state index contributed by atoms with van der Waals surface area (Å²) in [5, 5.41) is 3.50. The third-order valence-corrected chi connectivity index (χ3v) is 2.51. The summed E-state index contributed by atoms with van der Waals surface area (Å²) in [4.78, 5) is 0. The molecule has 1 N–H and O–H groups in total. The number of ether oxygens (including phenoxy) is 1. The standard InChI is InChI=1S/C9H11Cl2NO/c1-12-9(11)7-4-3-6(13-2)5-8(7)10/h3-5,9,12H,1-2H3. The first-order chi connectivity index (χ1) is 6.19. The summed E-state index contributed by atoms with van der Waals surface area (Å²) in [6.07, 6.45) is 0. The molecule has 0 bridgehead atoms. The minimum Gasteiger partial charge on any atom is -0.497 e. The van der Waals surface area contributed by atoms with Crippen molar-refractivity contribution in [2.45, 2.75) is 5.50 Å². The average Bonchev–Trinajstić information content (AvgIpc) is 2.16. The fraction of sp³-hybridized carbons (Fsp3) is 0.333. The second-order valence-electron chi connectivity index (χ2n) is 2.54. The van der Waals surface area contributed by atoms with E-state index in [0.29, 0.717) is 5.02 Å². The van der Waals surface area contributed by atoms with Crippen molar-refractivity contribution in [1.82, 2.24) is 5.32 Å². The Morgan fingerprint density at radius 2 is 2.15 bits per heavy atom. The minimum absolute atomic E-state index is 0.265. The van der Waals surface area contributed by atoms with Gasteiger partial charge in [-0.2, -0.15) is 0 Å². The zero-order valence-electron chi connectivity index (χ0n) is 7.47. The van der Waals surface area contributed by atoms with Gasteiger partial charge < -0.3 is 10.1 Å². The monoisotopic (exact) mass is 219 g/mol. The maximum Gasteiger partial charge on any atom is 0.120 e. The van der Waals surface area contributed by atoms with E-state index >= 15 is 0 Å². The number of halogens is 2. The van der Waals surface area contributed by atoms with Gasteiger partial charge >= 0.3 is 0 Å². The third kappa shape index (κ3) is 2.50. The molecule has 72 valence electrons. The minimum atomic E-state index is -0.265.